The monoisotopic (exact) mass is 184 g/mol. The normalized spacial score (nSPS) is 49.2. The molecule has 1 aliphatic rings. The summed E-state index contributed by atoms with van der Waals surface area (Å²) in [6, 6.07) is 0. The van der Waals surface area contributed by atoms with Crippen molar-refractivity contribution in [2.75, 3.05) is 6.67 Å². The first-order valence-electron chi connectivity index (χ1n) is 3.47. The van der Waals surface area contributed by atoms with Crippen LogP contribution < -0.4 is 0 Å². The summed E-state index contributed by atoms with van der Waals surface area (Å²) in [5, 5.41) is 26.5. The van der Waals surface area contributed by atoms with Gasteiger partial charge in [-0.3, -0.25) is 0 Å². The molecule has 0 bridgehead atoms. The Morgan fingerprint density at radius 3 is 2.25 bits per heavy atom. The lowest BCUT2D eigenvalue weighted by Crippen LogP contribution is -2.56. The second-order valence-electron chi connectivity index (χ2n) is 2.65. The molecule has 6 heteroatoms. The first-order valence-corrected chi connectivity index (χ1v) is 3.47. The van der Waals surface area contributed by atoms with E-state index in [1.165, 1.54) is 0 Å². The number of hydrogen-bond acceptors (Lipinski definition) is 4. The number of rotatable bonds is 1. The number of hydrogen-bond donors (Lipinski definition) is 3. The maximum absolute atomic E-state index is 12.8. The molecule has 1 fully saturated rings. The largest absolute Gasteiger partial charge is 0.387 e. The average Bonchev–Trinajstić information content (AvgIpc) is 2.08. The Morgan fingerprint density at radius 2 is 1.75 bits per heavy atom. The van der Waals surface area contributed by atoms with E-state index in [0.29, 0.717) is 0 Å². The maximum atomic E-state index is 12.8. The quantitative estimate of drug-likeness (QED) is 0.475. The smallest absolute Gasteiger partial charge is 0.184 e. The van der Waals surface area contributed by atoms with Crippen LogP contribution in [-0.4, -0.2) is 52.8 Å². The van der Waals surface area contributed by atoms with Crippen molar-refractivity contribution in [3.05, 3.63) is 0 Å². The lowest BCUT2D eigenvalue weighted by atomic mass is 10.0. The van der Waals surface area contributed by atoms with E-state index in [2.05, 4.69) is 4.74 Å². The van der Waals surface area contributed by atoms with Gasteiger partial charge in [0.2, 0.25) is 0 Å². The summed E-state index contributed by atoms with van der Waals surface area (Å²) in [5.41, 5.74) is 0. The minimum absolute atomic E-state index is 1.15. The summed E-state index contributed by atoms with van der Waals surface area (Å²) in [7, 11) is 0. The van der Waals surface area contributed by atoms with E-state index in [1.807, 2.05) is 0 Å². The minimum Gasteiger partial charge on any atom is -0.387 e. The molecule has 1 saturated heterocycles. The van der Waals surface area contributed by atoms with Gasteiger partial charge in [-0.2, -0.15) is 0 Å². The van der Waals surface area contributed by atoms with Gasteiger partial charge in [0, 0.05) is 0 Å². The molecule has 12 heavy (non-hydrogen) atoms. The predicted molar refractivity (Wildman–Crippen MR) is 33.8 cm³/mol. The van der Waals surface area contributed by atoms with Crippen molar-refractivity contribution in [3.63, 3.8) is 0 Å². The van der Waals surface area contributed by atoms with Crippen LogP contribution in [-0.2, 0) is 4.74 Å². The van der Waals surface area contributed by atoms with Gasteiger partial charge in [0.1, 0.15) is 25.0 Å². The maximum Gasteiger partial charge on any atom is 0.184 e. The Balaban J connectivity index is 2.63. The van der Waals surface area contributed by atoms with Crippen molar-refractivity contribution >= 4 is 0 Å². The molecule has 0 aromatic heterocycles. The lowest BCUT2D eigenvalue weighted by Gasteiger charge is -2.35. The molecular weight excluding hydrogens is 174 g/mol. The van der Waals surface area contributed by atoms with Gasteiger partial charge in [-0.1, -0.05) is 0 Å². The van der Waals surface area contributed by atoms with E-state index in [9.17, 15) is 8.78 Å². The van der Waals surface area contributed by atoms with Gasteiger partial charge in [0.25, 0.3) is 0 Å². The SMILES string of the molecule is O[C@H]1[C@H](O)[C@@H](O)O[C@@H](CF)[C@H]1F. The molecule has 0 aromatic carbocycles. The minimum atomic E-state index is -2.01. The topological polar surface area (TPSA) is 69.9 Å². The van der Waals surface area contributed by atoms with E-state index >= 15 is 0 Å². The summed E-state index contributed by atoms with van der Waals surface area (Å²) >= 11 is 0. The molecule has 1 heterocycles. The van der Waals surface area contributed by atoms with Crippen LogP contribution in [0.15, 0.2) is 0 Å². The van der Waals surface area contributed by atoms with Crippen LogP contribution in [0.3, 0.4) is 0 Å². The molecule has 3 N–H and O–H groups in total. The van der Waals surface area contributed by atoms with Crippen molar-refractivity contribution in [1.82, 2.24) is 0 Å². The van der Waals surface area contributed by atoms with Crippen LogP contribution in [0.1, 0.15) is 0 Å². The highest BCUT2D eigenvalue weighted by Crippen LogP contribution is 2.22. The zero-order valence-electron chi connectivity index (χ0n) is 6.10. The van der Waals surface area contributed by atoms with E-state index < -0.39 is 37.4 Å². The van der Waals surface area contributed by atoms with Crippen LogP contribution >= 0.6 is 0 Å². The third-order valence-electron chi connectivity index (χ3n) is 1.79. The van der Waals surface area contributed by atoms with E-state index in [4.69, 9.17) is 15.3 Å². The van der Waals surface area contributed by atoms with Crippen molar-refractivity contribution < 1.29 is 28.8 Å². The van der Waals surface area contributed by atoms with Gasteiger partial charge < -0.3 is 20.1 Å². The highest BCUT2D eigenvalue weighted by molar-refractivity contribution is 4.88. The number of aliphatic hydroxyl groups excluding tert-OH is 3. The summed E-state index contributed by atoms with van der Waals surface area (Å²) in [4.78, 5) is 0. The number of aliphatic hydroxyl groups is 3. The Kier molecular flexibility index (Phi) is 2.94. The molecule has 0 saturated carbocycles. The van der Waals surface area contributed by atoms with Crippen LogP contribution in [0, 0.1) is 0 Å². The van der Waals surface area contributed by atoms with Gasteiger partial charge in [0.05, 0.1) is 0 Å². The first kappa shape index (κ1) is 9.79. The lowest BCUT2D eigenvalue weighted by molar-refractivity contribution is -0.271. The molecule has 1 rings (SSSR count). The van der Waals surface area contributed by atoms with Crippen LogP contribution in [0.25, 0.3) is 0 Å². The fourth-order valence-electron chi connectivity index (χ4n) is 1.03. The summed E-state index contributed by atoms with van der Waals surface area (Å²) < 4.78 is 29.0. The van der Waals surface area contributed by atoms with Gasteiger partial charge in [-0.05, 0) is 0 Å². The van der Waals surface area contributed by atoms with Crippen LogP contribution in [0.5, 0.6) is 0 Å². The molecule has 0 spiro atoms. The zero-order chi connectivity index (χ0) is 9.30. The van der Waals surface area contributed by atoms with E-state index in [1.54, 1.807) is 0 Å². The second-order valence-corrected chi connectivity index (χ2v) is 2.65. The predicted octanol–water partition coefficient (Wildman–Crippen LogP) is -1.27. The van der Waals surface area contributed by atoms with Gasteiger partial charge >= 0.3 is 0 Å². The third-order valence-corrected chi connectivity index (χ3v) is 1.79. The van der Waals surface area contributed by atoms with E-state index in [-0.39, 0.29) is 0 Å². The molecule has 0 aromatic rings. The number of alkyl halides is 2. The Hall–Kier alpha value is -0.300. The molecular formula is C6H10F2O4. The van der Waals surface area contributed by atoms with Gasteiger partial charge in [-0.25, -0.2) is 8.78 Å². The second kappa shape index (κ2) is 3.61. The molecule has 0 unspecified atom stereocenters. The number of ether oxygens (including phenoxy) is 1. The van der Waals surface area contributed by atoms with Crippen molar-refractivity contribution in [3.8, 4) is 0 Å². The van der Waals surface area contributed by atoms with Crippen molar-refractivity contribution in [2.45, 2.75) is 30.8 Å². The van der Waals surface area contributed by atoms with E-state index in [0.717, 1.165) is 0 Å². The Labute approximate surface area is 67.4 Å². The fourth-order valence-corrected chi connectivity index (χ4v) is 1.03. The molecule has 0 aliphatic carbocycles. The fraction of sp³-hybridized carbons (Fsp3) is 1.00. The summed E-state index contributed by atoms with van der Waals surface area (Å²) in [5.74, 6) is 0. The van der Waals surface area contributed by atoms with Gasteiger partial charge in [-0.15, -0.1) is 0 Å². The molecule has 5 atom stereocenters. The molecule has 0 amide bonds. The van der Waals surface area contributed by atoms with Crippen molar-refractivity contribution in [2.24, 2.45) is 0 Å². The third kappa shape index (κ3) is 1.56. The van der Waals surface area contributed by atoms with Crippen LogP contribution in [0.4, 0.5) is 8.78 Å². The standard InChI is InChI=1S/C6H10F2O4/c7-1-2-3(8)4(9)5(10)6(11)12-2/h2-6,9-11H,1H2/t2-,3+,4+,5-,6-/m0/s1. The summed E-state index contributed by atoms with van der Waals surface area (Å²) in [6.45, 7) is -1.15. The van der Waals surface area contributed by atoms with Crippen LogP contribution in [0.2, 0.25) is 0 Å². The van der Waals surface area contributed by atoms with Gasteiger partial charge in [0.15, 0.2) is 12.5 Å². The molecule has 0 radical (unpaired) electrons. The Morgan fingerprint density at radius 1 is 1.17 bits per heavy atom. The average molecular weight is 184 g/mol. The van der Waals surface area contributed by atoms with Crippen molar-refractivity contribution in [1.29, 1.82) is 0 Å². The number of halogens is 2. The molecule has 4 nitrogen and oxygen atoms in total. The Bertz CT molecular complexity index is 152. The molecule has 1 aliphatic heterocycles. The first-order chi connectivity index (χ1) is 5.57. The highest BCUT2D eigenvalue weighted by Gasteiger charge is 2.44. The molecule has 72 valence electrons. The summed E-state index contributed by atoms with van der Waals surface area (Å²) in [6.07, 6.45) is -8.75. The highest BCUT2D eigenvalue weighted by atomic mass is 19.1. The zero-order valence-corrected chi connectivity index (χ0v) is 6.10.